The lowest BCUT2D eigenvalue weighted by molar-refractivity contribution is -0.0826. The van der Waals surface area contributed by atoms with Crippen LogP contribution in [0.1, 0.15) is 24.2 Å². The third-order valence-corrected chi connectivity index (χ3v) is 4.33. The standard InChI is InChI=1S/C15H18Cl4N2O2/c1-9-7-21(8-10(2)23-9)14(15(17,18)19)20-13(22)11-4-3-5-12(16)6-11/h3-6,9-10,14H,7-8H2,1-2H3,(H,20,22). The fourth-order valence-corrected chi connectivity index (χ4v) is 3.41. The lowest BCUT2D eigenvalue weighted by atomic mass is 10.2. The van der Waals surface area contributed by atoms with Gasteiger partial charge in [-0.2, -0.15) is 0 Å². The van der Waals surface area contributed by atoms with Crippen LogP contribution in [-0.2, 0) is 4.74 Å². The van der Waals surface area contributed by atoms with Gasteiger partial charge in [0.2, 0.25) is 3.79 Å². The summed E-state index contributed by atoms with van der Waals surface area (Å²) in [6.45, 7) is 4.99. The first-order valence-corrected chi connectivity index (χ1v) is 8.70. The van der Waals surface area contributed by atoms with Gasteiger partial charge in [-0.1, -0.05) is 52.5 Å². The van der Waals surface area contributed by atoms with Crippen LogP contribution in [0.4, 0.5) is 0 Å². The number of alkyl halides is 3. The van der Waals surface area contributed by atoms with Crippen LogP contribution in [0.2, 0.25) is 5.02 Å². The number of halogens is 4. The van der Waals surface area contributed by atoms with Crippen LogP contribution in [0.25, 0.3) is 0 Å². The van der Waals surface area contributed by atoms with Gasteiger partial charge >= 0.3 is 0 Å². The van der Waals surface area contributed by atoms with E-state index in [1.807, 2.05) is 18.7 Å². The largest absolute Gasteiger partial charge is 0.373 e. The fourth-order valence-electron chi connectivity index (χ4n) is 2.65. The quantitative estimate of drug-likeness (QED) is 0.784. The predicted octanol–water partition coefficient (Wildman–Crippen LogP) is 3.88. The van der Waals surface area contributed by atoms with Gasteiger partial charge in [0, 0.05) is 23.7 Å². The van der Waals surface area contributed by atoms with Gasteiger partial charge in [-0.3, -0.25) is 9.69 Å². The minimum Gasteiger partial charge on any atom is -0.373 e. The number of nitrogens with zero attached hydrogens (tertiary/aromatic N) is 1. The van der Waals surface area contributed by atoms with E-state index >= 15 is 0 Å². The molecule has 0 aliphatic carbocycles. The lowest BCUT2D eigenvalue weighted by Crippen LogP contribution is -2.60. The maximum atomic E-state index is 12.5. The molecule has 3 atom stereocenters. The highest BCUT2D eigenvalue weighted by Gasteiger charge is 2.41. The first-order valence-electron chi connectivity index (χ1n) is 7.19. The maximum absolute atomic E-state index is 12.5. The second-order valence-corrected chi connectivity index (χ2v) is 8.44. The van der Waals surface area contributed by atoms with Gasteiger partial charge in [-0.25, -0.2) is 0 Å². The number of hydrogen-bond donors (Lipinski definition) is 1. The smallest absolute Gasteiger partial charge is 0.252 e. The summed E-state index contributed by atoms with van der Waals surface area (Å²) in [5, 5.41) is 3.26. The van der Waals surface area contributed by atoms with Crippen LogP contribution < -0.4 is 5.32 Å². The number of rotatable bonds is 3. The Hall–Kier alpha value is -0.230. The molecular weight excluding hydrogens is 382 g/mol. The monoisotopic (exact) mass is 398 g/mol. The topological polar surface area (TPSA) is 41.6 Å². The molecule has 1 heterocycles. The van der Waals surface area contributed by atoms with E-state index in [0.29, 0.717) is 23.7 Å². The van der Waals surface area contributed by atoms with Gasteiger partial charge in [0.05, 0.1) is 12.2 Å². The average Bonchev–Trinajstić information content (AvgIpc) is 2.42. The minimum atomic E-state index is -1.68. The summed E-state index contributed by atoms with van der Waals surface area (Å²) in [5.74, 6) is -0.351. The van der Waals surface area contributed by atoms with E-state index in [-0.39, 0.29) is 18.1 Å². The van der Waals surface area contributed by atoms with E-state index < -0.39 is 9.96 Å². The molecule has 0 radical (unpaired) electrons. The van der Waals surface area contributed by atoms with Crippen molar-refractivity contribution in [2.45, 2.75) is 36.0 Å². The van der Waals surface area contributed by atoms with E-state index in [1.165, 1.54) is 0 Å². The van der Waals surface area contributed by atoms with E-state index in [0.717, 1.165) is 0 Å². The number of amides is 1. The summed E-state index contributed by atoms with van der Waals surface area (Å²) in [4.78, 5) is 14.4. The van der Waals surface area contributed by atoms with Gasteiger partial charge in [0.25, 0.3) is 5.91 Å². The summed E-state index contributed by atoms with van der Waals surface area (Å²) >= 11 is 24.2. The summed E-state index contributed by atoms with van der Waals surface area (Å²) < 4.78 is 4.01. The summed E-state index contributed by atoms with van der Waals surface area (Å²) in [6, 6.07) is 6.61. The zero-order chi connectivity index (χ0) is 17.2. The Bertz CT molecular complexity index is 555. The van der Waals surface area contributed by atoms with Crippen molar-refractivity contribution in [2.24, 2.45) is 0 Å². The molecule has 23 heavy (non-hydrogen) atoms. The molecule has 1 aliphatic rings. The molecular formula is C15H18Cl4N2O2. The molecule has 3 unspecified atom stereocenters. The molecule has 128 valence electrons. The maximum Gasteiger partial charge on any atom is 0.252 e. The second kappa shape index (κ2) is 7.77. The number of hydrogen-bond acceptors (Lipinski definition) is 3. The highest BCUT2D eigenvalue weighted by Crippen LogP contribution is 2.33. The molecule has 0 spiro atoms. The SMILES string of the molecule is CC1CN(C(NC(=O)c2cccc(Cl)c2)C(Cl)(Cl)Cl)CC(C)O1. The van der Waals surface area contributed by atoms with Crippen molar-refractivity contribution in [3.63, 3.8) is 0 Å². The minimum absolute atomic E-state index is 0.0170. The zero-order valence-corrected chi connectivity index (χ0v) is 15.8. The molecule has 1 N–H and O–H groups in total. The molecule has 2 rings (SSSR count). The molecule has 1 aromatic carbocycles. The van der Waals surface area contributed by atoms with Gasteiger partial charge in [-0.05, 0) is 32.0 Å². The molecule has 1 aromatic rings. The van der Waals surface area contributed by atoms with E-state index in [9.17, 15) is 4.79 Å². The number of carbonyl (C=O) groups excluding carboxylic acids is 1. The van der Waals surface area contributed by atoms with Crippen molar-refractivity contribution in [1.29, 1.82) is 0 Å². The van der Waals surface area contributed by atoms with E-state index in [1.54, 1.807) is 24.3 Å². The molecule has 1 saturated heterocycles. The van der Waals surface area contributed by atoms with Crippen LogP contribution in [0.3, 0.4) is 0 Å². The number of benzene rings is 1. The van der Waals surface area contributed by atoms with Gasteiger partial charge in [0.1, 0.15) is 6.17 Å². The first kappa shape index (κ1) is 19.1. The summed E-state index contributed by atoms with van der Waals surface area (Å²) in [6.07, 6.45) is -0.805. The number of carbonyl (C=O) groups is 1. The molecule has 1 fully saturated rings. The van der Waals surface area contributed by atoms with Crippen molar-refractivity contribution < 1.29 is 9.53 Å². The predicted molar refractivity (Wildman–Crippen MR) is 94.6 cm³/mol. The third-order valence-electron chi connectivity index (χ3n) is 3.48. The van der Waals surface area contributed by atoms with Crippen molar-refractivity contribution >= 4 is 52.3 Å². The van der Waals surface area contributed by atoms with Crippen LogP contribution in [0.15, 0.2) is 24.3 Å². The highest BCUT2D eigenvalue weighted by molar-refractivity contribution is 6.68. The number of morpholine rings is 1. The highest BCUT2D eigenvalue weighted by atomic mass is 35.6. The summed E-state index contributed by atoms with van der Waals surface area (Å²) in [7, 11) is 0. The Morgan fingerprint density at radius 3 is 2.43 bits per heavy atom. The zero-order valence-electron chi connectivity index (χ0n) is 12.7. The second-order valence-electron chi connectivity index (χ2n) is 5.64. The Morgan fingerprint density at radius 1 is 1.30 bits per heavy atom. The van der Waals surface area contributed by atoms with E-state index in [2.05, 4.69) is 5.32 Å². The number of nitrogens with one attached hydrogen (secondary N) is 1. The lowest BCUT2D eigenvalue weighted by Gasteiger charge is -2.42. The van der Waals surface area contributed by atoms with Gasteiger partial charge in [0.15, 0.2) is 0 Å². The van der Waals surface area contributed by atoms with Crippen LogP contribution in [-0.4, -0.2) is 46.1 Å². The van der Waals surface area contributed by atoms with Gasteiger partial charge in [-0.15, -0.1) is 0 Å². The molecule has 8 heteroatoms. The molecule has 0 bridgehead atoms. The van der Waals surface area contributed by atoms with Crippen molar-refractivity contribution in [3.05, 3.63) is 34.9 Å². The molecule has 1 amide bonds. The van der Waals surface area contributed by atoms with Gasteiger partial charge < -0.3 is 10.1 Å². The van der Waals surface area contributed by atoms with Crippen LogP contribution in [0.5, 0.6) is 0 Å². The Morgan fingerprint density at radius 2 is 1.91 bits per heavy atom. The Labute approximate surface area is 156 Å². The average molecular weight is 400 g/mol. The van der Waals surface area contributed by atoms with Crippen molar-refractivity contribution in [1.82, 2.24) is 10.2 Å². The molecule has 0 saturated carbocycles. The van der Waals surface area contributed by atoms with Crippen LogP contribution in [0, 0.1) is 0 Å². The Balaban J connectivity index is 2.17. The Kier molecular flexibility index (Phi) is 6.45. The normalized spacial score (nSPS) is 24.3. The van der Waals surface area contributed by atoms with E-state index in [4.69, 9.17) is 51.1 Å². The van der Waals surface area contributed by atoms with Crippen molar-refractivity contribution in [3.8, 4) is 0 Å². The molecule has 1 aliphatic heterocycles. The summed E-state index contributed by atoms with van der Waals surface area (Å²) in [5.41, 5.74) is 0.408. The van der Waals surface area contributed by atoms with Crippen molar-refractivity contribution in [2.75, 3.05) is 13.1 Å². The fraction of sp³-hybridized carbons (Fsp3) is 0.533. The first-order chi connectivity index (χ1) is 10.7. The third kappa shape index (κ3) is 5.38. The molecule has 0 aromatic heterocycles. The molecule has 4 nitrogen and oxygen atoms in total. The van der Waals surface area contributed by atoms with Crippen LogP contribution >= 0.6 is 46.4 Å². The number of ether oxygens (including phenoxy) is 1.